The van der Waals surface area contributed by atoms with Crippen molar-refractivity contribution in [2.45, 2.75) is 37.4 Å². The molecule has 3 aliphatic heterocycles. The molecular formula is C14H27N3O2S. The van der Waals surface area contributed by atoms with Crippen LogP contribution in [0.1, 0.15) is 32.1 Å². The van der Waals surface area contributed by atoms with Crippen LogP contribution in [0.15, 0.2) is 0 Å². The van der Waals surface area contributed by atoms with Gasteiger partial charge >= 0.3 is 0 Å². The zero-order valence-electron chi connectivity index (χ0n) is 12.3. The monoisotopic (exact) mass is 301 g/mol. The lowest BCUT2D eigenvalue weighted by Gasteiger charge is -2.27. The van der Waals surface area contributed by atoms with E-state index in [0.29, 0.717) is 0 Å². The molecule has 0 aliphatic carbocycles. The molecule has 1 unspecified atom stereocenters. The van der Waals surface area contributed by atoms with Crippen molar-refractivity contribution in [1.82, 2.24) is 14.5 Å². The van der Waals surface area contributed by atoms with Gasteiger partial charge < -0.3 is 10.2 Å². The first kappa shape index (κ1) is 14.8. The van der Waals surface area contributed by atoms with E-state index in [1.165, 1.54) is 12.8 Å². The molecule has 3 aliphatic rings. The molecule has 3 saturated heterocycles. The highest BCUT2D eigenvalue weighted by Gasteiger charge is 2.38. The smallest absolute Gasteiger partial charge is 0.218 e. The molecule has 116 valence electrons. The van der Waals surface area contributed by atoms with Crippen LogP contribution in [0.4, 0.5) is 0 Å². The largest absolute Gasteiger partial charge is 0.317 e. The Balaban J connectivity index is 1.53. The normalized spacial score (nSPS) is 31.1. The molecule has 0 aromatic carbocycles. The van der Waals surface area contributed by atoms with Crippen molar-refractivity contribution in [2.75, 3.05) is 45.8 Å². The van der Waals surface area contributed by atoms with Crippen LogP contribution in [0.25, 0.3) is 0 Å². The van der Waals surface area contributed by atoms with E-state index in [-0.39, 0.29) is 5.25 Å². The molecule has 0 aromatic heterocycles. The quantitative estimate of drug-likeness (QED) is 0.821. The fourth-order valence-electron chi connectivity index (χ4n) is 3.79. The minimum atomic E-state index is -3.03. The molecule has 0 radical (unpaired) electrons. The SMILES string of the molecule is O=S(=O)(C1CCN(CC2CCNCC2)C1)N1CCCC1. The Morgan fingerprint density at radius 3 is 2.40 bits per heavy atom. The van der Waals surface area contributed by atoms with Gasteiger partial charge in [0.15, 0.2) is 0 Å². The topological polar surface area (TPSA) is 52.7 Å². The van der Waals surface area contributed by atoms with Crippen molar-refractivity contribution in [3.8, 4) is 0 Å². The molecular weight excluding hydrogens is 274 g/mol. The van der Waals surface area contributed by atoms with Gasteiger partial charge in [0, 0.05) is 26.2 Å². The van der Waals surface area contributed by atoms with Gasteiger partial charge in [0.25, 0.3) is 0 Å². The summed E-state index contributed by atoms with van der Waals surface area (Å²) in [7, 11) is -3.03. The lowest BCUT2D eigenvalue weighted by molar-refractivity contribution is 0.240. The average Bonchev–Trinajstić information content (AvgIpc) is 3.11. The highest BCUT2D eigenvalue weighted by molar-refractivity contribution is 7.89. The summed E-state index contributed by atoms with van der Waals surface area (Å²) in [6.07, 6.45) is 5.36. The summed E-state index contributed by atoms with van der Waals surface area (Å²) in [6.45, 7) is 6.53. The number of rotatable bonds is 4. The number of nitrogens with zero attached hydrogens (tertiary/aromatic N) is 2. The van der Waals surface area contributed by atoms with E-state index < -0.39 is 10.0 Å². The van der Waals surface area contributed by atoms with Crippen LogP contribution in [0, 0.1) is 5.92 Å². The van der Waals surface area contributed by atoms with Gasteiger partial charge in [0.1, 0.15) is 0 Å². The van der Waals surface area contributed by atoms with Crippen LogP contribution in [0.5, 0.6) is 0 Å². The van der Waals surface area contributed by atoms with E-state index >= 15 is 0 Å². The van der Waals surface area contributed by atoms with Crippen LogP contribution in [-0.4, -0.2) is 68.7 Å². The van der Waals surface area contributed by atoms with Crippen LogP contribution in [-0.2, 0) is 10.0 Å². The van der Waals surface area contributed by atoms with E-state index in [2.05, 4.69) is 10.2 Å². The standard InChI is InChI=1S/C14H27N3O2S/c18-20(19,17-8-1-2-9-17)14-5-10-16(12-14)11-13-3-6-15-7-4-13/h13-15H,1-12H2. The number of likely N-dealkylation sites (tertiary alicyclic amines) is 1. The van der Waals surface area contributed by atoms with E-state index in [1.807, 2.05) is 0 Å². The Kier molecular flexibility index (Phi) is 4.65. The fourth-order valence-corrected chi connectivity index (χ4v) is 5.78. The van der Waals surface area contributed by atoms with Gasteiger partial charge in [-0.15, -0.1) is 0 Å². The van der Waals surface area contributed by atoms with Gasteiger partial charge in [-0.05, 0) is 57.7 Å². The van der Waals surface area contributed by atoms with E-state index in [4.69, 9.17) is 0 Å². The summed E-state index contributed by atoms with van der Waals surface area (Å²) in [5.74, 6) is 0.754. The fraction of sp³-hybridized carbons (Fsp3) is 1.00. The highest BCUT2D eigenvalue weighted by atomic mass is 32.2. The molecule has 0 amide bonds. The maximum Gasteiger partial charge on any atom is 0.218 e. The Morgan fingerprint density at radius 2 is 1.70 bits per heavy atom. The van der Waals surface area contributed by atoms with Crippen molar-refractivity contribution >= 4 is 10.0 Å². The predicted octanol–water partition coefficient (Wildman–Crippen LogP) is 0.486. The van der Waals surface area contributed by atoms with E-state index in [0.717, 1.165) is 71.0 Å². The number of sulfonamides is 1. The van der Waals surface area contributed by atoms with Gasteiger partial charge in [-0.1, -0.05) is 0 Å². The van der Waals surface area contributed by atoms with Gasteiger partial charge in [-0.2, -0.15) is 0 Å². The minimum Gasteiger partial charge on any atom is -0.317 e. The first-order chi connectivity index (χ1) is 9.66. The molecule has 1 N–H and O–H groups in total. The average molecular weight is 301 g/mol. The van der Waals surface area contributed by atoms with Gasteiger partial charge in [0.2, 0.25) is 10.0 Å². The molecule has 0 bridgehead atoms. The van der Waals surface area contributed by atoms with Crippen LogP contribution in [0.2, 0.25) is 0 Å². The second kappa shape index (κ2) is 6.30. The van der Waals surface area contributed by atoms with Gasteiger partial charge in [-0.3, -0.25) is 0 Å². The van der Waals surface area contributed by atoms with Crippen molar-refractivity contribution in [3.63, 3.8) is 0 Å². The number of nitrogens with one attached hydrogen (secondary N) is 1. The predicted molar refractivity (Wildman–Crippen MR) is 80.2 cm³/mol. The summed E-state index contributed by atoms with van der Waals surface area (Å²) in [4.78, 5) is 2.38. The van der Waals surface area contributed by atoms with Crippen LogP contribution in [0.3, 0.4) is 0 Å². The van der Waals surface area contributed by atoms with Crippen molar-refractivity contribution < 1.29 is 8.42 Å². The molecule has 1 atom stereocenters. The summed E-state index contributed by atoms with van der Waals surface area (Å²) in [6, 6.07) is 0. The molecule has 0 spiro atoms. The zero-order valence-corrected chi connectivity index (χ0v) is 13.1. The lowest BCUT2D eigenvalue weighted by Crippen LogP contribution is -2.40. The van der Waals surface area contributed by atoms with Gasteiger partial charge in [-0.25, -0.2) is 12.7 Å². The molecule has 20 heavy (non-hydrogen) atoms. The van der Waals surface area contributed by atoms with Crippen LogP contribution >= 0.6 is 0 Å². The maximum atomic E-state index is 12.6. The highest BCUT2D eigenvalue weighted by Crippen LogP contribution is 2.25. The summed E-state index contributed by atoms with van der Waals surface area (Å²) < 4.78 is 26.9. The number of piperidine rings is 1. The zero-order chi connectivity index (χ0) is 14.0. The molecule has 5 nitrogen and oxygen atoms in total. The summed E-state index contributed by atoms with van der Waals surface area (Å²) in [5.41, 5.74) is 0. The molecule has 3 heterocycles. The first-order valence-corrected chi connectivity index (χ1v) is 9.58. The molecule has 0 saturated carbocycles. The molecule has 3 fully saturated rings. The van der Waals surface area contributed by atoms with E-state index in [1.54, 1.807) is 4.31 Å². The van der Waals surface area contributed by atoms with Crippen molar-refractivity contribution in [3.05, 3.63) is 0 Å². The summed E-state index contributed by atoms with van der Waals surface area (Å²) >= 11 is 0. The number of hydrogen-bond acceptors (Lipinski definition) is 4. The Morgan fingerprint density at radius 1 is 1.00 bits per heavy atom. The Hall–Kier alpha value is -0.170. The third kappa shape index (κ3) is 3.18. The van der Waals surface area contributed by atoms with Crippen molar-refractivity contribution in [2.24, 2.45) is 5.92 Å². The molecule has 0 aromatic rings. The third-order valence-electron chi connectivity index (χ3n) is 5.05. The lowest BCUT2D eigenvalue weighted by atomic mass is 9.98. The Bertz CT molecular complexity index is 414. The summed E-state index contributed by atoms with van der Waals surface area (Å²) in [5, 5.41) is 3.24. The second-order valence-electron chi connectivity index (χ2n) is 6.51. The third-order valence-corrected chi connectivity index (χ3v) is 7.36. The van der Waals surface area contributed by atoms with E-state index in [9.17, 15) is 8.42 Å². The second-order valence-corrected chi connectivity index (χ2v) is 8.73. The van der Waals surface area contributed by atoms with Crippen LogP contribution < -0.4 is 5.32 Å². The minimum absolute atomic E-state index is 0.151. The maximum absolute atomic E-state index is 12.6. The number of hydrogen-bond donors (Lipinski definition) is 1. The molecule has 6 heteroatoms. The first-order valence-electron chi connectivity index (χ1n) is 8.08. The van der Waals surface area contributed by atoms with Gasteiger partial charge in [0.05, 0.1) is 5.25 Å². The molecule has 3 rings (SSSR count). The Labute approximate surface area is 122 Å². The van der Waals surface area contributed by atoms with Crippen molar-refractivity contribution in [1.29, 1.82) is 0 Å².